The Morgan fingerprint density at radius 3 is 2.69 bits per heavy atom. The Hall–Kier alpha value is -3.51. The fourth-order valence-electron chi connectivity index (χ4n) is 3.41. The highest BCUT2D eigenvalue weighted by Gasteiger charge is 2.14. The zero-order chi connectivity index (χ0) is 19.6. The first-order valence-corrected chi connectivity index (χ1v) is 10.3. The van der Waals surface area contributed by atoms with Crippen LogP contribution in [0.5, 0.6) is 5.75 Å². The van der Waals surface area contributed by atoms with E-state index >= 15 is 0 Å². The number of thiophene rings is 1. The SMILES string of the molecule is CCOc1ccc(-c2csc3ncnc(Nc4cccc5cccnc45)c23)cc1. The lowest BCUT2D eigenvalue weighted by Gasteiger charge is -2.11. The first kappa shape index (κ1) is 17.6. The number of para-hydroxylation sites is 1. The number of rotatable bonds is 5. The van der Waals surface area contributed by atoms with Gasteiger partial charge >= 0.3 is 0 Å². The van der Waals surface area contributed by atoms with Crippen LogP contribution >= 0.6 is 11.3 Å². The quantitative estimate of drug-likeness (QED) is 0.390. The molecule has 1 N–H and O–H groups in total. The number of nitrogens with zero attached hydrogens (tertiary/aromatic N) is 3. The van der Waals surface area contributed by atoms with Crippen molar-refractivity contribution < 1.29 is 4.74 Å². The van der Waals surface area contributed by atoms with Gasteiger partial charge in [0.05, 0.1) is 23.2 Å². The van der Waals surface area contributed by atoms with Crippen LogP contribution in [0.15, 0.2) is 72.5 Å². The van der Waals surface area contributed by atoms with E-state index in [4.69, 9.17) is 4.74 Å². The molecule has 0 aliphatic heterocycles. The van der Waals surface area contributed by atoms with E-state index in [1.165, 1.54) is 0 Å². The summed E-state index contributed by atoms with van der Waals surface area (Å²) in [7, 11) is 0. The van der Waals surface area contributed by atoms with Gasteiger partial charge in [-0.05, 0) is 36.8 Å². The van der Waals surface area contributed by atoms with Crippen LogP contribution in [0.25, 0.3) is 32.2 Å². The first-order valence-electron chi connectivity index (χ1n) is 9.39. The van der Waals surface area contributed by atoms with Gasteiger partial charge in [0.1, 0.15) is 22.7 Å². The third-order valence-electron chi connectivity index (χ3n) is 4.73. The zero-order valence-corrected chi connectivity index (χ0v) is 16.6. The molecule has 142 valence electrons. The number of nitrogens with one attached hydrogen (secondary N) is 1. The molecular weight excluding hydrogens is 380 g/mol. The Labute approximate surface area is 172 Å². The van der Waals surface area contributed by atoms with Gasteiger partial charge in [-0.25, -0.2) is 9.97 Å². The first-order chi connectivity index (χ1) is 14.3. The summed E-state index contributed by atoms with van der Waals surface area (Å²) in [4.78, 5) is 14.5. The van der Waals surface area contributed by atoms with Crippen LogP contribution in [0.1, 0.15) is 6.92 Å². The minimum absolute atomic E-state index is 0.654. The topological polar surface area (TPSA) is 59.9 Å². The van der Waals surface area contributed by atoms with E-state index in [2.05, 4.69) is 49.9 Å². The molecule has 0 saturated heterocycles. The maximum absolute atomic E-state index is 5.57. The normalized spacial score (nSPS) is 11.1. The molecule has 5 rings (SSSR count). The fourth-order valence-corrected chi connectivity index (χ4v) is 4.33. The summed E-state index contributed by atoms with van der Waals surface area (Å²) in [6.07, 6.45) is 3.40. The van der Waals surface area contributed by atoms with Crippen LogP contribution in [0, 0.1) is 0 Å². The molecule has 0 aliphatic rings. The lowest BCUT2D eigenvalue weighted by Crippen LogP contribution is -1.97. The van der Waals surface area contributed by atoms with Gasteiger partial charge in [0.2, 0.25) is 0 Å². The van der Waals surface area contributed by atoms with Crippen molar-refractivity contribution in [1.29, 1.82) is 0 Å². The van der Waals surface area contributed by atoms with Crippen LogP contribution in [-0.2, 0) is 0 Å². The molecule has 0 saturated carbocycles. The number of benzene rings is 2. The van der Waals surface area contributed by atoms with Crippen molar-refractivity contribution in [2.24, 2.45) is 0 Å². The van der Waals surface area contributed by atoms with Gasteiger partial charge in [-0.15, -0.1) is 11.3 Å². The van der Waals surface area contributed by atoms with Crippen molar-refractivity contribution in [3.05, 3.63) is 72.5 Å². The van der Waals surface area contributed by atoms with E-state index in [1.807, 2.05) is 37.3 Å². The molecule has 3 heterocycles. The van der Waals surface area contributed by atoms with Gasteiger partial charge in [-0.3, -0.25) is 4.98 Å². The predicted octanol–water partition coefficient (Wildman–Crippen LogP) is 6.05. The molecule has 0 fully saturated rings. The minimum Gasteiger partial charge on any atom is -0.494 e. The minimum atomic E-state index is 0.654. The Bertz CT molecular complexity index is 1290. The highest BCUT2D eigenvalue weighted by Crippen LogP contribution is 2.38. The van der Waals surface area contributed by atoms with Crippen LogP contribution < -0.4 is 10.1 Å². The number of ether oxygens (including phenoxy) is 1. The molecule has 0 spiro atoms. The van der Waals surface area contributed by atoms with E-state index in [0.29, 0.717) is 6.61 Å². The Kier molecular flexibility index (Phi) is 4.54. The van der Waals surface area contributed by atoms with Crippen molar-refractivity contribution in [3.63, 3.8) is 0 Å². The molecule has 0 atom stereocenters. The maximum Gasteiger partial charge on any atom is 0.143 e. The van der Waals surface area contributed by atoms with Gasteiger partial charge in [-0.2, -0.15) is 0 Å². The highest BCUT2D eigenvalue weighted by atomic mass is 32.1. The summed E-state index contributed by atoms with van der Waals surface area (Å²) < 4.78 is 5.57. The highest BCUT2D eigenvalue weighted by molar-refractivity contribution is 7.17. The molecule has 6 heteroatoms. The molecule has 29 heavy (non-hydrogen) atoms. The molecular formula is C23H18N4OS. The van der Waals surface area contributed by atoms with Crippen molar-refractivity contribution in [2.45, 2.75) is 6.92 Å². The number of pyridine rings is 1. The third-order valence-corrected chi connectivity index (χ3v) is 5.62. The van der Waals surface area contributed by atoms with E-state index in [0.717, 1.165) is 49.5 Å². The zero-order valence-electron chi connectivity index (χ0n) is 15.8. The Morgan fingerprint density at radius 1 is 0.966 bits per heavy atom. The Balaban J connectivity index is 1.60. The number of fused-ring (bicyclic) bond motifs is 2. The summed E-state index contributed by atoms with van der Waals surface area (Å²) in [6.45, 7) is 2.64. The van der Waals surface area contributed by atoms with Crippen LogP contribution in [0.2, 0.25) is 0 Å². The number of hydrogen-bond acceptors (Lipinski definition) is 6. The van der Waals surface area contributed by atoms with Crippen molar-refractivity contribution in [1.82, 2.24) is 15.0 Å². The molecule has 0 amide bonds. The van der Waals surface area contributed by atoms with Crippen molar-refractivity contribution in [3.8, 4) is 16.9 Å². The molecule has 0 bridgehead atoms. The predicted molar refractivity (Wildman–Crippen MR) is 119 cm³/mol. The lowest BCUT2D eigenvalue weighted by molar-refractivity contribution is 0.340. The molecule has 5 nitrogen and oxygen atoms in total. The molecule has 0 radical (unpaired) electrons. The molecule has 3 aromatic heterocycles. The van der Waals surface area contributed by atoms with Crippen molar-refractivity contribution >= 4 is 44.0 Å². The van der Waals surface area contributed by atoms with Crippen LogP contribution in [0.3, 0.4) is 0 Å². The summed E-state index contributed by atoms with van der Waals surface area (Å²) in [5.74, 6) is 1.64. The summed E-state index contributed by atoms with van der Waals surface area (Å²) in [6, 6.07) is 18.2. The third kappa shape index (κ3) is 3.28. The molecule has 0 unspecified atom stereocenters. The van der Waals surface area contributed by atoms with E-state index in [9.17, 15) is 0 Å². The van der Waals surface area contributed by atoms with Gasteiger partial charge in [-0.1, -0.05) is 30.3 Å². The monoisotopic (exact) mass is 398 g/mol. The second-order valence-electron chi connectivity index (χ2n) is 6.51. The van der Waals surface area contributed by atoms with Gasteiger partial charge in [0.25, 0.3) is 0 Å². The summed E-state index contributed by atoms with van der Waals surface area (Å²) in [5.41, 5.74) is 4.05. The summed E-state index contributed by atoms with van der Waals surface area (Å²) in [5, 5.41) is 7.70. The molecule has 2 aromatic carbocycles. The maximum atomic E-state index is 5.57. The van der Waals surface area contributed by atoms with Gasteiger partial charge < -0.3 is 10.1 Å². The van der Waals surface area contributed by atoms with E-state index in [1.54, 1.807) is 23.9 Å². The second-order valence-corrected chi connectivity index (χ2v) is 7.37. The average molecular weight is 398 g/mol. The average Bonchev–Trinajstić information content (AvgIpc) is 3.20. The smallest absolute Gasteiger partial charge is 0.143 e. The number of hydrogen-bond donors (Lipinski definition) is 1. The fraction of sp³-hybridized carbons (Fsp3) is 0.0870. The van der Waals surface area contributed by atoms with Crippen LogP contribution in [-0.4, -0.2) is 21.6 Å². The lowest BCUT2D eigenvalue weighted by atomic mass is 10.1. The molecule has 0 aliphatic carbocycles. The van der Waals surface area contributed by atoms with Crippen molar-refractivity contribution in [2.75, 3.05) is 11.9 Å². The van der Waals surface area contributed by atoms with E-state index in [-0.39, 0.29) is 0 Å². The number of aromatic nitrogens is 3. The standard InChI is InChI=1S/C23H18N4OS/c1-2-28-17-10-8-15(9-11-17)18-13-29-23-20(18)22(25-14-26-23)27-19-7-3-5-16-6-4-12-24-21(16)19/h3-14H,2H2,1H3,(H,25,26,27). The van der Waals surface area contributed by atoms with Crippen LogP contribution in [0.4, 0.5) is 11.5 Å². The van der Waals surface area contributed by atoms with Gasteiger partial charge in [0, 0.05) is 22.5 Å². The largest absolute Gasteiger partial charge is 0.494 e. The summed E-state index contributed by atoms with van der Waals surface area (Å²) >= 11 is 1.61. The van der Waals surface area contributed by atoms with Gasteiger partial charge in [0.15, 0.2) is 0 Å². The Morgan fingerprint density at radius 2 is 1.83 bits per heavy atom. The second kappa shape index (κ2) is 7.48. The van der Waals surface area contributed by atoms with E-state index < -0.39 is 0 Å². The molecule has 5 aromatic rings. The number of anilines is 2.